The summed E-state index contributed by atoms with van der Waals surface area (Å²) in [4.78, 5) is 26.6. The minimum atomic E-state index is -1.03. The average Bonchev–Trinajstić information content (AvgIpc) is 2.69. The van der Waals surface area contributed by atoms with Gasteiger partial charge in [-0.3, -0.25) is 9.36 Å². The lowest BCUT2D eigenvalue weighted by molar-refractivity contribution is 0.0697. The van der Waals surface area contributed by atoms with Gasteiger partial charge in [-0.1, -0.05) is 12.1 Å². The zero-order valence-corrected chi connectivity index (χ0v) is 17.2. The van der Waals surface area contributed by atoms with Gasteiger partial charge in [0.15, 0.2) is 0 Å². The second-order valence-electron chi connectivity index (χ2n) is 7.47. The normalized spacial score (nSPS) is 11.4. The quantitative estimate of drug-likeness (QED) is 0.661. The fraction of sp³-hybridized carbons (Fsp3) is 0.304. The Labute approximate surface area is 170 Å². The molecule has 0 radical (unpaired) electrons. The lowest BCUT2D eigenvalue weighted by Gasteiger charge is -2.20. The number of benzene rings is 2. The maximum Gasteiger partial charge on any atom is 0.335 e. The monoisotopic (exact) mass is 394 g/mol. The van der Waals surface area contributed by atoms with Gasteiger partial charge in [0.25, 0.3) is 5.56 Å². The Hall–Kier alpha value is -3.12. The summed E-state index contributed by atoms with van der Waals surface area (Å²) in [6.07, 6.45) is 1.68. The van der Waals surface area contributed by atoms with Crippen LogP contribution in [0.5, 0.6) is 5.75 Å². The van der Waals surface area contributed by atoms with Gasteiger partial charge in [0, 0.05) is 18.8 Å². The molecule has 0 saturated heterocycles. The highest BCUT2D eigenvalue weighted by atomic mass is 16.5. The fourth-order valence-electron chi connectivity index (χ4n) is 3.07. The Morgan fingerprint density at radius 1 is 1.17 bits per heavy atom. The number of carbonyl (C=O) groups is 1. The van der Waals surface area contributed by atoms with Crippen molar-refractivity contribution in [2.45, 2.75) is 26.8 Å². The molecule has 0 bridgehead atoms. The molecular weight excluding hydrogens is 368 g/mol. The number of aromatic carboxylic acids is 1. The predicted molar refractivity (Wildman–Crippen MR) is 115 cm³/mol. The molecule has 3 aromatic rings. The smallest absolute Gasteiger partial charge is 0.335 e. The number of rotatable bonds is 7. The van der Waals surface area contributed by atoms with Crippen molar-refractivity contribution in [3.8, 4) is 11.4 Å². The first-order valence-electron chi connectivity index (χ1n) is 9.60. The van der Waals surface area contributed by atoms with E-state index >= 15 is 0 Å². The highest BCUT2D eigenvalue weighted by Crippen LogP contribution is 2.21. The van der Waals surface area contributed by atoms with Crippen molar-refractivity contribution in [1.29, 1.82) is 0 Å². The molecule has 3 rings (SSSR count). The van der Waals surface area contributed by atoms with Crippen molar-refractivity contribution in [1.82, 2.24) is 9.47 Å². The predicted octanol–water partition coefficient (Wildman–Crippen LogP) is 3.72. The second-order valence-corrected chi connectivity index (χ2v) is 7.47. The maximum absolute atomic E-state index is 13.1. The van der Waals surface area contributed by atoms with E-state index in [4.69, 9.17) is 4.74 Å². The van der Waals surface area contributed by atoms with E-state index in [0.29, 0.717) is 29.5 Å². The van der Waals surface area contributed by atoms with Crippen LogP contribution >= 0.6 is 0 Å². The van der Waals surface area contributed by atoms with Gasteiger partial charge in [-0.2, -0.15) is 0 Å². The number of aryl methyl sites for hydroxylation is 1. The van der Waals surface area contributed by atoms with Crippen molar-refractivity contribution >= 4 is 16.7 Å². The summed E-state index contributed by atoms with van der Waals surface area (Å²) in [7, 11) is 2.04. The summed E-state index contributed by atoms with van der Waals surface area (Å²) in [5, 5.41) is 10.6. The number of fused-ring (bicyclic) bond motifs is 1. The highest BCUT2D eigenvalue weighted by molar-refractivity contribution is 5.88. The van der Waals surface area contributed by atoms with Crippen LogP contribution in [0.1, 0.15) is 29.8 Å². The number of aromatic nitrogens is 1. The Balaban J connectivity index is 1.96. The van der Waals surface area contributed by atoms with E-state index in [2.05, 4.69) is 18.7 Å². The van der Waals surface area contributed by atoms with E-state index in [1.165, 1.54) is 16.7 Å². The standard InChI is InChI=1S/C23H26N2O4/c1-15(2)24(4)11-12-29-19-8-7-17-9-10-25(22(26)20(17)14-19)21-13-18(23(27)28)6-5-16(21)3/h5-10,13-15H,11-12H2,1-4H3,(H,27,28). The zero-order chi connectivity index (χ0) is 21.1. The molecule has 29 heavy (non-hydrogen) atoms. The summed E-state index contributed by atoms with van der Waals surface area (Å²) in [6.45, 7) is 7.42. The van der Waals surface area contributed by atoms with Crippen LogP contribution in [-0.2, 0) is 0 Å². The average molecular weight is 394 g/mol. The number of nitrogens with zero attached hydrogens (tertiary/aromatic N) is 2. The van der Waals surface area contributed by atoms with Crippen LogP contribution < -0.4 is 10.3 Å². The SMILES string of the molecule is Cc1ccc(C(=O)O)cc1-n1ccc2ccc(OCCN(C)C(C)C)cc2c1=O. The Morgan fingerprint density at radius 3 is 2.62 bits per heavy atom. The van der Waals surface area contributed by atoms with Gasteiger partial charge in [0.2, 0.25) is 0 Å². The minimum absolute atomic E-state index is 0.143. The highest BCUT2D eigenvalue weighted by Gasteiger charge is 2.11. The van der Waals surface area contributed by atoms with Crippen molar-refractivity contribution in [2.24, 2.45) is 0 Å². The molecule has 2 aromatic carbocycles. The van der Waals surface area contributed by atoms with Crippen LogP contribution in [-0.4, -0.2) is 46.8 Å². The van der Waals surface area contributed by atoms with E-state index in [-0.39, 0.29) is 11.1 Å². The fourth-order valence-corrected chi connectivity index (χ4v) is 3.07. The Morgan fingerprint density at radius 2 is 1.93 bits per heavy atom. The molecule has 0 amide bonds. The molecule has 0 aliphatic rings. The van der Waals surface area contributed by atoms with Crippen LogP contribution in [0.25, 0.3) is 16.5 Å². The van der Waals surface area contributed by atoms with Gasteiger partial charge < -0.3 is 14.7 Å². The molecule has 6 heteroatoms. The van der Waals surface area contributed by atoms with Gasteiger partial charge in [-0.05, 0) is 69.1 Å². The summed E-state index contributed by atoms with van der Waals surface area (Å²) in [6, 6.07) is 12.5. The van der Waals surface area contributed by atoms with Crippen molar-refractivity contribution in [3.05, 3.63) is 70.1 Å². The van der Waals surface area contributed by atoms with Gasteiger partial charge >= 0.3 is 5.97 Å². The molecule has 0 spiro atoms. The number of carboxylic acid groups (broad SMARTS) is 1. The van der Waals surface area contributed by atoms with E-state index < -0.39 is 5.97 Å². The first kappa shape index (κ1) is 20.6. The topological polar surface area (TPSA) is 71.8 Å². The first-order chi connectivity index (χ1) is 13.8. The molecule has 0 unspecified atom stereocenters. The van der Waals surface area contributed by atoms with Gasteiger partial charge in [-0.15, -0.1) is 0 Å². The summed E-state index contributed by atoms with van der Waals surface area (Å²) < 4.78 is 7.33. The summed E-state index contributed by atoms with van der Waals surface area (Å²) in [5.41, 5.74) is 1.31. The number of carboxylic acids is 1. The number of hydrogen-bond acceptors (Lipinski definition) is 4. The minimum Gasteiger partial charge on any atom is -0.492 e. The zero-order valence-electron chi connectivity index (χ0n) is 17.2. The van der Waals surface area contributed by atoms with Crippen LogP contribution in [0, 0.1) is 6.92 Å². The maximum atomic E-state index is 13.1. The van der Waals surface area contributed by atoms with Crippen molar-refractivity contribution < 1.29 is 14.6 Å². The Bertz CT molecular complexity index is 1100. The Kier molecular flexibility index (Phi) is 6.03. The lowest BCUT2D eigenvalue weighted by Crippen LogP contribution is -2.30. The molecule has 0 saturated carbocycles. The number of ether oxygens (including phenoxy) is 1. The van der Waals surface area contributed by atoms with E-state index in [1.807, 2.05) is 32.2 Å². The molecule has 0 aliphatic heterocycles. The second kappa shape index (κ2) is 8.49. The van der Waals surface area contributed by atoms with Gasteiger partial charge in [0.05, 0.1) is 16.6 Å². The largest absolute Gasteiger partial charge is 0.492 e. The van der Waals surface area contributed by atoms with Crippen molar-refractivity contribution in [3.63, 3.8) is 0 Å². The molecule has 152 valence electrons. The van der Waals surface area contributed by atoms with Crippen LogP contribution in [0.15, 0.2) is 53.5 Å². The van der Waals surface area contributed by atoms with Crippen molar-refractivity contribution in [2.75, 3.05) is 20.2 Å². The molecule has 1 N–H and O–H groups in total. The molecule has 0 aliphatic carbocycles. The third kappa shape index (κ3) is 4.49. The van der Waals surface area contributed by atoms with E-state index in [1.54, 1.807) is 18.3 Å². The third-order valence-corrected chi connectivity index (χ3v) is 5.19. The molecule has 1 aromatic heterocycles. The van der Waals surface area contributed by atoms with E-state index in [9.17, 15) is 14.7 Å². The molecule has 6 nitrogen and oxygen atoms in total. The first-order valence-corrected chi connectivity index (χ1v) is 9.60. The number of pyridine rings is 1. The lowest BCUT2D eigenvalue weighted by atomic mass is 10.1. The molecule has 1 heterocycles. The molecular formula is C23H26N2O4. The number of hydrogen-bond donors (Lipinski definition) is 1. The summed E-state index contributed by atoms with van der Waals surface area (Å²) in [5.74, 6) is -0.386. The summed E-state index contributed by atoms with van der Waals surface area (Å²) >= 11 is 0. The molecule has 0 fully saturated rings. The number of likely N-dealkylation sites (N-methyl/N-ethyl adjacent to an activating group) is 1. The van der Waals surface area contributed by atoms with Gasteiger partial charge in [-0.25, -0.2) is 4.79 Å². The van der Waals surface area contributed by atoms with Crippen LogP contribution in [0.4, 0.5) is 0 Å². The van der Waals surface area contributed by atoms with Gasteiger partial charge in [0.1, 0.15) is 12.4 Å². The van der Waals surface area contributed by atoms with Crippen LogP contribution in [0.3, 0.4) is 0 Å². The van der Waals surface area contributed by atoms with Crippen LogP contribution in [0.2, 0.25) is 0 Å². The molecule has 0 atom stereocenters. The van der Waals surface area contributed by atoms with E-state index in [0.717, 1.165) is 17.5 Å². The third-order valence-electron chi connectivity index (χ3n) is 5.19.